The maximum atomic E-state index is 3.45. The second-order valence-corrected chi connectivity index (χ2v) is 3.74. The van der Waals surface area contributed by atoms with E-state index in [4.69, 9.17) is 0 Å². The third-order valence-corrected chi connectivity index (χ3v) is 2.62. The lowest BCUT2D eigenvalue weighted by molar-refractivity contribution is 0.230. The molecule has 1 rings (SSSR count). The molecule has 11 heavy (non-hydrogen) atoms. The fraction of sp³-hybridized carbons (Fsp3) is 1.00. The van der Waals surface area contributed by atoms with Crippen molar-refractivity contribution in [3.05, 3.63) is 0 Å². The first-order valence-electron chi connectivity index (χ1n) is 4.22. The average molecular weight is 287 g/mol. The first-order valence-corrected chi connectivity index (χ1v) is 5.34. The molecule has 0 atom stereocenters. The minimum Gasteiger partial charge on any atom is -0.303 e. The van der Waals surface area contributed by atoms with Gasteiger partial charge in [0.15, 0.2) is 0 Å². The molecule has 1 aliphatic heterocycles. The average Bonchev–Trinajstić information content (AvgIpc) is 2.03. The van der Waals surface area contributed by atoms with E-state index in [1.807, 2.05) is 0 Å². The Hall–Kier alpha value is 0.920. The quantitative estimate of drug-likeness (QED) is 0.721. The van der Waals surface area contributed by atoms with Crippen LogP contribution in [0.15, 0.2) is 0 Å². The van der Waals surface area contributed by atoms with Crippen LogP contribution in [0, 0.1) is 0 Å². The normalized spacial score (nSPS) is 19.4. The van der Waals surface area contributed by atoms with E-state index in [0.717, 1.165) is 5.33 Å². The lowest BCUT2D eigenvalue weighted by Gasteiger charge is -2.25. The van der Waals surface area contributed by atoms with Crippen LogP contribution in [-0.4, -0.2) is 29.9 Å². The molecule has 1 fully saturated rings. The smallest absolute Gasteiger partial charge is 0.00434 e. The molecule has 0 spiro atoms. The predicted octanol–water partition coefficient (Wildman–Crippen LogP) is 2.84. The van der Waals surface area contributed by atoms with Gasteiger partial charge in [0.1, 0.15) is 0 Å². The molecular formula is C8H17Br2N. The van der Waals surface area contributed by atoms with E-state index < -0.39 is 0 Å². The van der Waals surface area contributed by atoms with Crippen LogP contribution < -0.4 is 0 Å². The lowest BCUT2D eigenvalue weighted by atomic mass is 10.1. The predicted molar refractivity (Wildman–Crippen MR) is 59.0 cm³/mol. The number of hydrogen-bond donors (Lipinski definition) is 0. The highest BCUT2D eigenvalue weighted by atomic mass is 79.9. The number of piperidine rings is 1. The summed E-state index contributed by atoms with van der Waals surface area (Å²) in [5, 5.41) is 1.16. The molecule has 68 valence electrons. The largest absolute Gasteiger partial charge is 0.303 e. The molecule has 3 heteroatoms. The zero-order valence-electron chi connectivity index (χ0n) is 6.89. The van der Waals surface area contributed by atoms with Crippen LogP contribution in [0.3, 0.4) is 0 Å². The molecule has 0 bridgehead atoms. The van der Waals surface area contributed by atoms with Gasteiger partial charge in [-0.25, -0.2) is 0 Å². The molecule has 0 N–H and O–H groups in total. The Morgan fingerprint density at radius 2 is 1.73 bits per heavy atom. The zero-order valence-corrected chi connectivity index (χ0v) is 10.2. The zero-order chi connectivity index (χ0) is 7.23. The number of alkyl halides is 1. The van der Waals surface area contributed by atoms with Gasteiger partial charge >= 0.3 is 0 Å². The van der Waals surface area contributed by atoms with E-state index in [1.54, 1.807) is 0 Å². The standard InChI is InChI=1S/C8H16BrN.BrH/c9-5-4-8-10-6-2-1-3-7-10;/h1-8H2;1H. The van der Waals surface area contributed by atoms with Crippen LogP contribution >= 0.6 is 32.9 Å². The maximum Gasteiger partial charge on any atom is 0.00434 e. The lowest BCUT2D eigenvalue weighted by Crippen LogP contribution is -2.30. The molecule has 0 aliphatic carbocycles. The number of halogens is 2. The molecule has 0 unspecified atom stereocenters. The number of likely N-dealkylation sites (tertiary alicyclic amines) is 1. The van der Waals surface area contributed by atoms with Gasteiger partial charge < -0.3 is 4.90 Å². The van der Waals surface area contributed by atoms with Crippen molar-refractivity contribution in [2.45, 2.75) is 25.7 Å². The summed E-state index contributed by atoms with van der Waals surface area (Å²) in [6.45, 7) is 3.98. The second-order valence-electron chi connectivity index (χ2n) is 2.94. The summed E-state index contributed by atoms with van der Waals surface area (Å²) in [5.41, 5.74) is 0. The van der Waals surface area contributed by atoms with Crippen molar-refractivity contribution in [3.8, 4) is 0 Å². The van der Waals surface area contributed by atoms with Crippen LogP contribution in [0.25, 0.3) is 0 Å². The fourth-order valence-electron chi connectivity index (χ4n) is 1.47. The summed E-state index contributed by atoms with van der Waals surface area (Å²) in [5.74, 6) is 0. The number of nitrogens with zero attached hydrogens (tertiary/aromatic N) is 1. The van der Waals surface area contributed by atoms with Crippen molar-refractivity contribution in [1.82, 2.24) is 4.90 Å². The molecule has 0 aromatic rings. The number of rotatable bonds is 3. The van der Waals surface area contributed by atoms with Crippen molar-refractivity contribution in [3.63, 3.8) is 0 Å². The Labute approximate surface area is 88.4 Å². The summed E-state index contributed by atoms with van der Waals surface area (Å²) in [6, 6.07) is 0. The summed E-state index contributed by atoms with van der Waals surface area (Å²) < 4.78 is 0. The molecule has 1 saturated heterocycles. The second kappa shape index (κ2) is 7.56. The van der Waals surface area contributed by atoms with Crippen molar-refractivity contribution < 1.29 is 0 Å². The van der Waals surface area contributed by atoms with Crippen molar-refractivity contribution in [2.75, 3.05) is 25.0 Å². The summed E-state index contributed by atoms with van der Waals surface area (Å²) in [7, 11) is 0. The van der Waals surface area contributed by atoms with Gasteiger partial charge in [-0.3, -0.25) is 0 Å². The van der Waals surface area contributed by atoms with Crippen LogP contribution in [0.5, 0.6) is 0 Å². The van der Waals surface area contributed by atoms with Crippen molar-refractivity contribution >= 4 is 32.9 Å². The van der Waals surface area contributed by atoms with E-state index in [-0.39, 0.29) is 17.0 Å². The van der Waals surface area contributed by atoms with Crippen LogP contribution in [0.2, 0.25) is 0 Å². The van der Waals surface area contributed by atoms with Gasteiger partial charge in [0.2, 0.25) is 0 Å². The molecule has 0 aromatic carbocycles. The Kier molecular flexibility index (Phi) is 8.20. The molecule has 0 radical (unpaired) electrons. The van der Waals surface area contributed by atoms with Crippen molar-refractivity contribution in [1.29, 1.82) is 0 Å². The van der Waals surface area contributed by atoms with Gasteiger partial charge in [0, 0.05) is 5.33 Å². The van der Waals surface area contributed by atoms with Gasteiger partial charge in [0.05, 0.1) is 0 Å². The van der Waals surface area contributed by atoms with Crippen molar-refractivity contribution in [2.24, 2.45) is 0 Å². The summed E-state index contributed by atoms with van der Waals surface area (Å²) >= 11 is 3.45. The highest BCUT2D eigenvalue weighted by Crippen LogP contribution is 2.08. The number of hydrogen-bond acceptors (Lipinski definition) is 1. The monoisotopic (exact) mass is 285 g/mol. The third-order valence-electron chi connectivity index (χ3n) is 2.06. The summed E-state index contributed by atoms with van der Waals surface area (Å²) in [4.78, 5) is 2.57. The first-order chi connectivity index (χ1) is 4.93. The topological polar surface area (TPSA) is 3.24 Å². The van der Waals surface area contributed by atoms with Gasteiger partial charge in [-0.05, 0) is 38.9 Å². The Bertz CT molecular complexity index is 82.2. The van der Waals surface area contributed by atoms with Gasteiger partial charge in [-0.15, -0.1) is 17.0 Å². The van der Waals surface area contributed by atoms with Crippen LogP contribution in [0.4, 0.5) is 0 Å². The molecule has 1 nitrogen and oxygen atoms in total. The van der Waals surface area contributed by atoms with Gasteiger partial charge in [-0.2, -0.15) is 0 Å². The van der Waals surface area contributed by atoms with Gasteiger partial charge in [-0.1, -0.05) is 22.4 Å². The van der Waals surface area contributed by atoms with Gasteiger partial charge in [0.25, 0.3) is 0 Å². The fourth-order valence-corrected chi connectivity index (χ4v) is 1.72. The molecule has 0 amide bonds. The Balaban J connectivity index is 0.000001000. The van der Waals surface area contributed by atoms with Crippen LogP contribution in [0.1, 0.15) is 25.7 Å². The molecule has 1 aliphatic rings. The minimum atomic E-state index is 0. The Morgan fingerprint density at radius 3 is 2.27 bits per heavy atom. The molecule has 1 heterocycles. The van der Waals surface area contributed by atoms with Crippen LogP contribution in [-0.2, 0) is 0 Å². The highest BCUT2D eigenvalue weighted by molar-refractivity contribution is 9.09. The Morgan fingerprint density at radius 1 is 1.09 bits per heavy atom. The third kappa shape index (κ3) is 5.21. The van der Waals surface area contributed by atoms with E-state index >= 15 is 0 Å². The molecule has 0 saturated carbocycles. The van der Waals surface area contributed by atoms with E-state index in [1.165, 1.54) is 45.3 Å². The van der Waals surface area contributed by atoms with E-state index in [0.29, 0.717) is 0 Å². The SMILES string of the molecule is Br.BrCCCN1CCCCC1. The van der Waals surface area contributed by atoms with E-state index in [2.05, 4.69) is 20.8 Å². The van der Waals surface area contributed by atoms with E-state index in [9.17, 15) is 0 Å². The first kappa shape index (κ1) is 11.9. The maximum absolute atomic E-state index is 3.45. The summed E-state index contributed by atoms with van der Waals surface area (Å²) in [6.07, 6.45) is 5.59. The molecule has 0 aromatic heterocycles. The highest BCUT2D eigenvalue weighted by Gasteiger charge is 2.07. The molecular weight excluding hydrogens is 270 g/mol. The minimum absolute atomic E-state index is 0.